The van der Waals surface area contributed by atoms with Crippen LogP contribution in [0.4, 0.5) is 0 Å². The normalized spacial score (nSPS) is 15.0. The van der Waals surface area contributed by atoms with Crippen molar-refractivity contribution < 1.29 is 24.2 Å². The Morgan fingerprint density at radius 3 is 2.48 bits per heavy atom. The molecule has 8 nitrogen and oxygen atoms in total. The van der Waals surface area contributed by atoms with Crippen molar-refractivity contribution in [2.24, 2.45) is 0 Å². The zero-order valence-electron chi connectivity index (χ0n) is 22.5. The Kier molecular flexibility index (Phi) is 7.93. The number of aryl methyl sites for hydroxylation is 2. The quantitative estimate of drug-likeness (QED) is 0.243. The van der Waals surface area contributed by atoms with Gasteiger partial charge in [0.1, 0.15) is 6.61 Å². The average molecular weight is 556 g/mol. The highest BCUT2D eigenvalue weighted by molar-refractivity contribution is 7.14. The first-order valence-electron chi connectivity index (χ1n) is 12.9. The Labute approximate surface area is 236 Å². The van der Waals surface area contributed by atoms with Gasteiger partial charge in [-0.2, -0.15) is 0 Å². The van der Waals surface area contributed by atoms with Crippen LogP contribution in [0.1, 0.15) is 50.0 Å². The maximum atomic E-state index is 13.9. The lowest BCUT2D eigenvalue weighted by atomic mass is 9.94. The van der Waals surface area contributed by atoms with Crippen molar-refractivity contribution in [3.8, 4) is 11.5 Å². The molecule has 0 saturated heterocycles. The van der Waals surface area contributed by atoms with E-state index in [0.717, 1.165) is 16.1 Å². The van der Waals surface area contributed by atoms with Gasteiger partial charge in [-0.15, -0.1) is 11.3 Å². The Hall–Kier alpha value is -4.50. The van der Waals surface area contributed by atoms with Crippen LogP contribution < -0.4 is 9.47 Å². The number of carbonyl (C=O) groups is 2. The lowest BCUT2D eigenvalue weighted by Gasteiger charge is -2.27. The fourth-order valence-electron chi connectivity index (χ4n) is 4.77. The van der Waals surface area contributed by atoms with E-state index in [1.54, 1.807) is 43.6 Å². The van der Waals surface area contributed by atoms with Gasteiger partial charge >= 0.3 is 0 Å². The first-order valence-corrected chi connectivity index (χ1v) is 13.7. The lowest BCUT2D eigenvalue weighted by molar-refractivity contribution is -0.130. The highest BCUT2D eigenvalue weighted by Gasteiger charge is 2.44. The molecule has 0 radical (unpaired) electrons. The number of benzene rings is 2. The Morgan fingerprint density at radius 2 is 1.80 bits per heavy atom. The topological polar surface area (TPSA) is 102 Å². The molecular formula is C31H29N3O5S. The van der Waals surface area contributed by atoms with Crippen LogP contribution >= 0.6 is 11.3 Å². The first kappa shape index (κ1) is 27.1. The molecule has 4 aromatic rings. The summed E-state index contributed by atoms with van der Waals surface area (Å²) in [7, 11) is 0. The van der Waals surface area contributed by atoms with Gasteiger partial charge in [-0.25, -0.2) is 4.98 Å². The summed E-state index contributed by atoms with van der Waals surface area (Å²) < 4.78 is 12.0. The van der Waals surface area contributed by atoms with Crippen molar-refractivity contribution in [2.75, 3.05) is 6.61 Å². The fourth-order valence-corrected chi connectivity index (χ4v) is 5.64. The summed E-state index contributed by atoms with van der Waals surface area (Å²) in [5, 5.41) is 11.8. The summed E-state index contributed by atoms with van der Waals surface area (Å²) in [5.41, 5.74) is 2.96. The molecular weight excluding hydrogens is 526 g/mol. The Bertz CT molecular complexity index is 1570. The second kappa shape index (κ2) is 11.7. The standard InChI is InChI=1S/C31H29N3O5S/c1-4-38-25-15-23(12-13-24(25)39-18-21-9-6-5-7-10-21)27-26(28(35)30-19(2)33-20(3)40-30)29(36)31(37)34(27)17-22-11-8-14-32-16-22/h5-16,27,36H,4,17-18H2,1-3H3. The number of thiazole rings is 1. The molecule has 5 rings (SSSR count). The fraction of sp³-hybridized carbons (Fsp3) is 0.226. The summed E-state index contributed by atoms with van der Waals surface area (Å²) in [6.07, 6.45) is 3.30. The predicted molar refractivity (Wildman–Crippen MR) is 151 cm³/mol. The van der Waals surface area contributed by atoms with Gasteiger partial charge in [-0.1, -0.05) is 42.5 Å². The van der Waals surface area contributed by atoms with Gasteiger partial charge in [0.15, 0.2) is 17.3 Å². The number of nitrogens with zero attached hydrogens (tertiary/aromatic N) is 3. The van der Waals surface area contributed by atoms with Gasteiger partial charge in [0.2, 0.25) is 5.78 Å². The molecule has 1 atom stereocenters. The number of pyridine rings is 1. The van der Waals surface area contributed by atoms with Gasteiger partial charge in [0.05, 0.1) is 33.8 Å². The number of ketones is 1. The van der Waals surface area contributed by atoms with Crippen LogP contribution in [0.25, 0.3) is 0 Å². The molecule has 9 heteroatoms. The molecule has 1 aliphatic rings. The molecule has 1 unspecified atom stereocenters. The van der Waals surface area contributed by atoms with Gasteiger partial charge in [-0.3, -0.25) is 14.6 Å². The van der Waals surface area contributed by atoms with Crippen LogP contribution in [0, 0.1) is 13.8 Å². The summed E-state index contributed by atoms with van der Waals surface area (Å²) in [6, 6.07) is 17.9. The van der Waals surface area contributed by atoms with Crippen LogP contribution in [0.3, 0.4) is 0 Å². The molecule has 1 aliphatic heterocycles. The number of hydrogen-bond donors (Lipinski definition) is 1. The van der Waals surface area contributed by atoms with Gasteiger partial charge in [-0.05, 0) is 55.7 Å². The number of aliphatic hydroxyl groups excluding tert-OH is 1. The van der Waals surface area contributed by atoms with Crippen molar-refractivity contribution in [1.29, 1.82) is 0 Å². The van der Waals surface area contributed by atoms with Gasteiger partial charge in [0, 0.05) is 18.9 Å². The predicted octanol–water partition coefficient (Wildman–Crippen LogP) is 5.91. The smallest absolute Gasteiger partial charge is 0.290 e. The van der Waals surface area contributed by atoms with Crippen molar-refractivity contribution in [1.82, 2.24) is 14.9 Å². The van der Waals surface area contributed by atoms with Gasteiger partial charge < -0.3 is 19.5 Å². The van der Waals surface area contributed by atoms with E-state index >= 15 is 0 Å². The van der Waals surface area contributed by atoms with E-state index in [0.29, 0.717) is 40.8 Å². The molecule has 204 valence electrons. The number of ether oxygens (including phenoxy) is 2. The monoisotopic (exact) mass is 555 g/mol. The number of amides is 1. The molecule has 3 heterocycles. The third-order valence-corrected chi connectivity index (χ3v) is 7.63. The maximum absolute atomic E-state index is 13.9. The number of hydrogen-bond acceptors (Lipinski definition) is 8. The second-order valence-electron chi connectivity index (χ2n) is 9.35. The zero-order valence-corrected chi connectivity index (χ0v) is 23.3. The van der Waals surface area contributed by atoms with E-state index in [1.807, 2.05) is 50.2 Å². The molecule has 0 bridgehead atoms. The summed E-state index contributed by atoms with van der Waals surface area (Å²) in [4.78, 5) is 37.7. The summed E-state index contributed by atoms with van der Waals surface area (Å²) in [5.74, 6) is -0.597. The Morgan fingerprint density at radius 1 is 1.02 bits per heavy atom. The highest BCUT2D eigenvalue weighted by atomic mass is 32.1. The van der Waals surface area contributed by atoms with Crippen LogP contribution in [0.15, 0.2) is 84.4 Å². The molecule has 0 spiro atoms. The zero-order chi connectivity index (χ0) is 28.2. The average Bonchev–Trinajstić information content (AvgIpc) is 3.43. The number of aliphatic hydroxyl groups is 1. The number of Topliss-reactive ketones (excluding diaryl/α,β-unsaturated/α-hetero) is 1. The van der Waals surface area contributed by atoms with E-state index in [1.165, 1.54) is 16.2 Å². The van der Waals surface area contributed by atoms with Crippen LogP contribution in [-0.2, 0) is 17.9 Å². The number of rotatable bonds is 10. The molecule has 0 fully saturated rings. The highest BCUT2D eigenvalue weighted by Crippen LogP contribution is 2.43. The van der Waals surface area contributed by atoms with E-state index < -0.39 is 23.5 Å². The van der Waals surface area contributed by atoms with Crippen LogP contribution in [-0.4, -0.2) is 38.3 Å². The summed E-state index contributed by atoms with van der Waals surface area (Å²) >= 11 is 1.24. The minimum atomic E-state index is -0.857. The molecule has 0 saturated carbocycles. The first-order chi connectivity index (χ1) is 19.4. The van der Waals surface area contributed by atoms with E-state index in [2.05, 4.69) is 9.97 Å². The number of aromatic nitrogens is 2. The molecule has 1 N–H and O–H groups in total. The van der Waals surface area contributed by atoms with Crippen LogP contribution in [0.2, 0.25) is 0 Å². The van der Waals surface area contributed by atoms with E-state index in [9.17, 15) is 14.7 Å². The molecule has 40 heavy (non-hydrogen) atoms. The van der Waals surface area contributed by atoms with Crippen molar-refractivity contribution in [3.63, 3.8) is 0 Å². The third kappa shape index (κ3) is 5.46. The SMILES string of the molecule is CCOc1cc(C2C(C(=O)c3sc(C)nc3C)=C(O)C(=O)N2Cc2cccnc2)ccc1OCc1ccccc1. The molecule has 2 aromatic carbocycles. The maximum Gasteiger partial charge on any atom is 0.290 e. The second-order valence-corrected chi connectivity index (χ2v) is 10.6. The van der Waals surface area contributed by atoms with Gasteiger partial charge in [0.25, 0.3) is 5.91 Å². The van der Waals surface area contributed by atoms with Crippen molar-refractivity contribution in [3.05, 3.63) is 117 Å². The van der Waals surface area contributed by atoms with Crippen molar-refractivity contribution in [2.45, 2.75) is 40.0 Å². The van der Waals surface area contributed by atoms with E-state index in [-0.39, 0.29) is 12.1 Å². The lowest BCUT2D eigenvalue weighted by Crippen LogP contribution is -2.30. The molecule has 0 aliphatic carbocycles. The molecule has 2 aromatic heterocycles. The minimum Gasteiger partial charge on any atom is -0.503 e. The molecule has 1 amide bonds. The summed E-state index contributed by atoms with van der Waals surface area (Å²) in [6.45, 7) is 6.33. The van der Waals surface area contributed by atoms with Crippen molar-refractivity contribution >= 4 is 23.0 Å². The largest absolute Gasteiger partial charge is 0.503 e. The minimum absolute atomic E-state index is 0.0149. The van der Waals surface area contributed by atoms with E-state index in [4.69, 9.17) is 9.47 Å². The van der Waals surface area contributed by atoms with Crippen LogP contribution in [0.5, 0.6) is 11.5 Å². The third-order valence-electron chi connectivity index (χ3n) is 6.55. The number of carbonyl (C=O) groups excluding carboxylic acids is 2. The Balaban J connectivity index is 1.56.